The fourth-order valence-corrected chi connectivity index (χ4v) is 2.22. The number of ether oxygens (including phenoxy) is 1. The van der Waals surface area contributed by atoms with Crippen molar-refractivity contribution in [3.05, 3.63) is 59.2 Å². The molecule has 3 aromatic rings. The molecule has 0 fully saturated rings. The van der Waals surface area contributed by atoms with Gasteiger partial charge in [0, 0.05) is 21.7 Å². The third kappa shape index (κ3) is 2.39. The average Bonchev–Trinajstić information content (AvgIpc) is 2.43. The summed E-state index contributed by atoms with van der Waals surface area (Å²) < 4.78 is 6.75. The highest BCUT2D eigenvalue weighted by Crippen LogP contribution is 2.32. The first kappa shape index (κ1) is 12.0. The van der Waals surface area contributed by atoms with Gasteiger partial charge >= 0.3 is 0 Å². The predicted molar refractivity (Wildman–Crippen MR) is 80.4 cm³/mol. The zero-order chi connectivity index (χ0) is 13.2. The SMILES string of the molecule is Nc1ccc(Oc2ccccc2)c2ncc(Br)cc12. The van der Waals surface area contributed by atoms with E-state index in [0.29, 0.717) is 11.4 Å². The predicted octanol–water partition coefficient (Wildman–Crippen LogP) is 4.37. The van der Waals surface area contributed by atoms with Crippen LogP contribution in [-0.4, -0.2) is 4.98 Å². The van der Waals surface area contributed by atoms with E-state index in [9.17, 15) is 0 Å². The van der Waals surface area contributed by atoms with Gasteiger partial charge < -0.3 is 10.5 Å². The summed E-state index contributed by atoms with van der Waals surface area (Å²) in [7, 11) is 0. The Balaban J connectivity index is 2.12. The third-order valence-electron chi connectivity index (χ3n) is 2.78. The van der Waals surface area contributed by atoms with Gasteiger partial charge in [0.15, 0.2) is 5.75 Å². The molecule has 0 aliphatic carbocycles. The van der Waals surface area contributed by atoms with Crippen LogP contribution in [0.5, 0.6) is 11.5 Å². The fourth-order valence-electron chi connectivity index (χ4n) is 1.89. The maximum atomic E-state index is 5.97. The van der Waals surface area contributed by atoms with E-state index < -0.39 is 0 Å². The molecule has 94 valence electrons. The quantitative estimate of drug-likeness (QED) is 0.714. The number of pyridine rings is 1. The summed E-state index contributed by atoms with van der Waals surface area (Å²) in [5.41, 5.74) is 7.41. The molecular weight excluding hydrogens is 304 g/mol. The van der Waals surface area contributed by atoms with Crippen molar-refractivity contribution in [2.45, 2.75) is 0 Å². The van der Waals surface area contributed by atoms with Crippen LogP contribution in [0, 0.1) is 0 Å². The Hall–Kier alpha value is -2.07. The molecule has 19 heavy (non-hydrogen) atoms. The molecule has 0 saturated carbocycles. The number of para-hydroxylation sites is 1. The van der Waals surface area contributed by atoms with E-state index in [1.165, 1.54) is 0 Å². The average molecular weight is 315 g/mol. The van der Waals surface area contributed by atoms with Gasteiger partial charge in [-0.3, -0.25) is 4.98 Å². The molecule has 2 aromatic carbocycles. The molecule has 0 amide bonds. The number of aromatic nitrogens is 1. The van der Waals surface area contributed by atoms with E-state index in [-0.39, 0.29) is 0 Å². The summed E-state index contributed by atoms with van der Waals surface area (Å²) >= 11 is 3.40. The van der Waals surface area contributed by atoms with Crippen molar-refractivity contribution >= 4 is 32.5 Å². The topological polar surface area (TPSA) is 48.1 Å². The third-order valence-corrected chi connectivity index (χ3v) is 3.22. The van der Waals surface area contributed by atoms with E-state index in [4.69, 9.17) is 10.5 Å². The molecule has 4 heteroatoms. The van der Waals surface area contributed by atoms with Crippen LogP contribution in [0.1, 0.15) is 0 Å². The number of nitrogen functional groups attached to an aromatic ring is 1. The van der Waals surface area contributed by atoms with Crippen molar-refractivity contribution in [2.24, 2.45) is 0 Å². The van der Waals surface area contributed by atoms with Crippen LogP contribution in [0.25, 0.3) is 10.9 Å². The lowest BCUT2D eigenvalue weighted by atomic mass is 10.1. The summed E-state index contributed by atoms with van der Waals surface area (Å²) in [5, 5.41) is 0.878. The summed E-state index contributed by atoms with van der Waals surface area (Å²) in [4.78, 5) is 4.39. The van der Waals surface area contributed by atoms with Crippen LogP contribution < -0.4 is 10.5 Å². The number of hydrogen-bond donors (Lipinski definition) is 1. The Labute approximate surface area is 119 Å². The van der Waals surface area contributed by atoms with Crippen LogP contribution in [0.2, 0.25) is 0 Å². The van der Waals surface area contributed by atoms with Crippen molar-refractivity contribution in [1.29, 1.82) is 0 Å². The minimum Gasteiger partial charge on any atom is -0.455 e. The molecule has 1 heterocycles. The van der Waals surface area contributed by atoms with E-state index in [0.717, 1.165) is 21.1 Å². The molecule has 0 atom stereocenters. The largest absolute Gasteiger partial charge is 0.455 e. The van der Waals surface area contributed by atoms with E-state index >= 15 is 0 Å². The van der Waals surface area contributed by atoms with Crippen molar-refractivity contribution < 1.29 is 4.74 Å². The normalized spacial score (nSPS) is 10.6. The molecule has 0 aliphatic heterocycles. The van der Waals surface area contributed by atoms with Gasteiger partial charge in [0.05, 0.1) is 0 Å². The van der Waals surface area contributed by atoms with E-state index in [2.05, 4.69) is 20.9 Å². The molecular formula is C15H11BrN2O. The monoisotopic (exact) mass is 314 g/mol. The van der Waals surface area contributed by atoms with Crippen LogP contribution >= 0.6 is 15.9 Å². The van der Waals surface area contributed by atoms with Crippen molar-refractivity contribution in [3.8, 4) is 11.5 Å². The Kier molecular flexibility index (Phi) is 3.09. The van der Waals surface area contributed by atoms with Crippen LogP contribution in [0.4, 0.5) is 5.69 Å². The molecule has 3 rings (SSSR count). The number of nitrogens with two attached hydrogens (primary N) is 1. The van der Waals surface area contributed by atoms with E-state index in [1.54, 1.807) is 6.20 Å². The van der Waals surface area contributed by atoms with Gasteiger partial charge in [-0.15, -0.1) is 0 Å². The molecule has 0 aliphatic rings. The van der Waals surface area contributed by atoms with Gasteiger partial charge in [-0.2, -0.15) is 0 Å². The summed E-state index contributed by atoms with van der Waals surface area (Å²) in [6.07, 6.45) is 1.74. The molecule has 0 radical (unpaired) electrons. The highest BCUT2D eigenvalue weighted by molar-refractivity contribution is 9.10. The Bertz CT molecular complexity index is 729. The minimum absolute atomic E-state index is 0.684. The molecule has 2 N–H and O–H groups in total. The number of rotatable bonds is 2. The molecule has 1 aromatic heterocycles. The molecule has 0 spiro atoms. The van der Waals surface area contributed by atoms with Gasteiger partial charge in [-0.1, -0.05) is 18.2 Å². The van der Waals surface area contributed by atoms with Gasteiger partial charge in [-0.05, 0) is 46.3 Å². The number of hydrogen-bond acceptors (Lipinski definition) is 3. The summed E-state index contributed by atoms with van der Waals surface area (Å²) in [6, 6.07) is 15.2. The molecule has 0 unspecified atom stereocenters. The number of benzene rings is 2. The highest BCUT2D eigenvalue weighted by atomic mass is 79.9. The number of nitrogens with zero attached hydrogens (tertiary/aromatic N) is 1. The fraction of sp³-hybridized carbons (Fsp3) is 0. The second kappa shape index (κ2) is 4.90. The Morgan fingerprint density at radius 2 is 1.84 bits per heavy atom. The molecule has 0 bridgehead atoms. The van der Waals surface area contributed by atoms with Crippen molar-refractivity contribution in [1.82, 2.24) is 4.98 Å². The van der Waals surface area contributed by atoms with Crippen LogP contribution in [-0.2, 0) is 0 Å². The lowest BCUT2D eigenvalue weighted by Crippen LogP contribution is -1.92. The standard InChI is InChI=1S/C15H11BrN2O/c16-10-8-12-13(17)6-7-14(15(12)18-9-10)19-11-4-2-1-3-5-11/h1-9H,17H2. The van der Waals surface area contributed by atoms with E-state index in [1.807, 2.05) is 48.5 Å². The van der Waals surface area contributed by atoms with Crippen LogP contribution in [0.3, 0.4) is 0 Å². The number of halogens is 1. The first-order valence-corrected chi connectivity index (χ1v) is 6.60. The van der Waals surface area contributed by atoms with Gasteiger partial charge in [0.2, 0.25) is 0 Å². The zero-order valence-corrected chi connectivity index (χ0v) is 11.6. The number of anilines is 1. The first-order valence-electron chi connectivity index (χ1n) is 5.81. The lowest BCUT2D eigenvalue weighted by Gasteiger charge is -2.10. The minimum atomic E-state index is 0.684. The second-order valence-electron chi connectivity index (χ2n) is 4.12. The maximum absolute atomic E-state index is 5.97. The molecule has 3 nitrogen and oxygen atoms in total. The number of fused-ring (bicyclic) bond motifs is 1. The van der Waals surface area contributed by atoms with Crippen LogP contribution in [0.15, 0.2) is 59.2 Å². The summed E-state index contributed by atoms with van der Waals surface area (Å²) in [5.74, 6) is 1.47. The lowest BCUT2D eigenvalue weighted by molar-refractivity contribution is 0.487. The zero-order valence-electron chi connectivity index (χ0n) is 10.0. The molecule has 0 saturated heterocycles. The van der Waals surface area contributed by atoms with Gasteiger partial charge in [-0.25, -0.2) is 0 Å². The Morgan fingerprint density at radius 1 is 1.05 bits per heavy atom. The Morgan fingerprint density at radius 3 is 2.63 bits per heavy atom. The summed E-state index contributed by atoms with van der Waals surface area (Å²) in [6.45, 7) is 0. The van der Waals surface area contributed by atoms with Crippen molar-refractivity contribution in [3.63, 3.8) is 0 Å². The highest BCUT2D eigenvalue weighted by Gasteiger charge is 2.08. The first-order chi connectivity index (χ1) is 9.24. The maximum Gasteiger partial charge on any atom is 0.153 e. The second-order valence-corrected chi connectivity index (χ2v) is 5.03. The van der Waals surface area contributed by atoms with Gasteiger partial charge in [0.1, 0.15) is 11.3 Å². The van der Waals surface area contributed by atoms with Crippen molar-refractivity contribution in [2.75, 3.05) is 5.73 Å². The smallest absolute Gasteiger partial charge is 0.153 e. The van der Waals surface area contributed by atoms with Gasteiger partial charge in [0.25, 0.3) is 0 Å².